The van der Waals surface area contributed by atoms with Gasteiger partial charge in [-0.1, -0.05) is 6.42 Å². The molecule has 0 bridgehead atoms. The monoisotopic (exact) mass is 543 g/mol. The van der Waals surface area contributed by atoms with Crippen LogP contribution < -0.4 is 5.32 Å². The minimum Gasteiger partial charge on any atom is -0.396 e. The fourth-order valence-electron chi connectivity index (χ4n) is 2.22. The number of rotatable bonds is 13. The van der Waals surface area contributed by atoms with Crippen LogP contribution in [0.3, 0.4) is 0 Å². The van der Waals surface area contributed by atoms with E-state index in [9.17, 15) is 70.7 Å². The van der Waals surface area contributed by atoms with E-state index in [0.717, 1.165) is 5.32 Å². The van der Waals surface area contributed by atoms with E-state index >= 15 is 0 Å². The summed E-state index contributed by atoms with van der Waals surface area (Å²) in [5.41, 5.74) is 0. The smallest absolute Gasteiger partial charge is 0.396 e. The molecule has 0 aliphatic rings. The molecule has 34 heavy (non-hydrogen) atoms. The van der Waals surface area contributed by atoms with Gasteiger partial charge in [-0.25, -0.2) is 0 Å². The number of aliphatic hydroxyl groups excluding tert-OH is 2. The molecule has 4 nitrogen and oxygen atoms in total. The highest BCUT2D eigenvalue weighted by Gasteiger charge is 2.94. The number of hydrogen-bond donors (Lipinski definition) is 3. The third-order valence-electron chi connectivity index (χ3n) is 4.45. The number of aliphatic hydroxyl groups is 2. The van der Waals surface area contributed by atoms with Gasteiger partial charge in [-0.3, -0.25) is 4.79 Å². The molecule has 0 rings (SSSR count). The fourth-order valence-corrected chi connectivity index (χ4v) is 2.22. The van der Waals surface area contributed by atoms with Crippen LogP contribution in [0.4, 0.5) is 65.9 Å². The Labute approximate surface area is 180 Å². The Bertz CT molecular complexity index is 689. The van der Waals surface area contributed by atoms with E-state index in [1.807, 2.05) is 0 Å². The van der Waals surface area contributed by atoms with Crippen molar-refractivity contribution >= 4 is 5.91 Å². The van der Waals surface area contributed by atoms with Crippen LogP contribution >= 0.6 is 0 Å². The lowest BCUT2D eigenvalue weighted by Crippen LogP contribution is -2.74. The zero-order chi connectivity index (χ0) is 27.6. The third-order valence-corrected chi connectivity index (χ3v) is 4.45. The average Bonchev–Trinajstić information content (AvgIpc) is 2.68. The summed E-state index contributed by atoms with van der Waals surface area (Å²) >= 11 is 0. The molecule has 0 fully saturated rings. The molecule has 3 N–H and O–H groups in total. The number of halogens is 15. The molecule has 0 saturated carbocycles. The Balaban J connectivity index is 5.80. The number of amides is 1. The standard InChI is InChI=1S/C15H16F15NO3/c16-9(17,8(34)31-4-2-1-3-7(5-32)6-33)10(18,19)11(20,21)12(22,23)13(24,25)14(26,27)15(28,29)30/h7,32-33H,1-6H2,(H,31,34). The van der Waals surface area contributed by atoms with E-state index in [4.69, 9.17) is 10.2 Å². The predicted molar refractivity (Wildman–Crippen MR) is 80.3 cm³/mol. The van der Waals surface area contributed by atoms with Crippen LogP contribution in [0.15, 0.2) is 0 Å². The van der Waals surface area contributed by atoms with Crippen molar-refractivity contribution in [3.8, 4) is 0 Å². The molecule has 1 amide bonds. The molecule has 0 aromatic heterocycles. The molecule has 0 saturated heterocycles. The van der Waals surface area contributed by atoms with Crippen molar-refractivity contribution in [3.05, 3.63) is 0 Å². The Morgan fingerprint density at radius 3 is 1.38 bits per heavy atom. The number of unbranched alkanes of at least 4 members (excludes halogenated alkanes) is 1. The molecule has 0 heterocycles. The van der Waals surface area contributed by atoms with Crippen molar-refractivity contribution in [2.45, 2.75) is 61.0 Å². The van der Waals surface area contributed by atoms with Gasteiger partial charge in [0.2, 0.25) is 0 Å². The fraction of sp³-hybridized carbons (Fsp3) is 0.933. The van der Waals surface area contributed by atoms with E-state index in [-0.39, 0.29) is 12.8 Å². The Morgan fingerprint density at radius 2 is 1.00 bits per heavy atom. The van der Waals surface area contributed by atoms with E-state index < -0.39 is 79.7 Å². The molecule has 0 spiro atoms. The number of nitrogens with one attached hydrogen (secondary N) is 1. The largest absolute Gasteiger partial charge is 0.460 e. The van der Waals surface area contributed by atoms with Crippen molar-refractivity contribution in [1.29, 1.82) is 0 Å². The van der Waals surface area contributed by atoms with Crippen LogP contribution in [-0.2, 0) is 4.79 Å². The molecular formula is C15H16F15NO3. The van der Waals surface area contributed by atoms with Crippen LogP contribution in [0.5, 0.6) is 0 Å². The normalized spacial score (nSPS) is 15.1. The summed E-state index contributed by atoms with van der Waals surface area (Å²) in [6.07, 6.45) is -8.24. The molecular weight excluding hydrogens is 527 g/mol. The molecule has 0 aromatic carbocycles. The summed E-state index contributed by atoms with van der Waals surface area (Å²) in [4.78, 5) is 11.2. The van der Waals surface area contributed by atoms with Gasteiger partial charge in [0.1, 0.15) is 0 Å². The molecule has 0 unspecified atom stereocenters. The second-order valence-corrected chi connectivity index (χ2v) is 6.93. The van der Waals surface area contributed by atoms with Crippen molar-refractivity contribution < 1.29 is 80.9 Å². The number of carbonyl (C=O) groups excluding carboxylic acids is 1. The topological polar surface area (TPSA) is 69.6 Å². The van der Waals surface area contributed by atoms with Gasteiger partial charge in [-0.15, -0.1) is 0 Å². The van der Waals surface area contributed by atoms with Gasteiger partial charge in [-0.2, -0.15) is 65.9 Å². The van der Waals surface area contributed by atoms with E-state index in [0.29, 0.717) is 0 Å². The maximum absolute atomic E-state index is 13.6. The van der Waals surface area contributed by atoms with E-state index in [2.05, 4.69) is 0 Å². The molecule has 0 radical (unpaired) electrons. The lowest BCUT2D eigenvalue weighted by Gasteiger charge is -2.41. The molecule has 204 valence electrons. The number of alkyl halides is 15. The molecule has 0 aromatic rings. The summed E-state index contributed by atoms with van der Waals surface area (Å²) in [5.74, 6) is -52.3. The highest BCUT2D eigenvalue weighted by Crippen LogP contribution is 2.62. The Morgan fingerprint density at radius 1 is 0.618 bits per heavy atom. The summed E-state index contributed by atoms with van der Waals surface area (Å²) in [6.45, 7) is -2.14. The molecule has 0 atom stereocenters. The first-order valence-corrected chi connectivity index (χ1v) is 8.75. The first-order valence-electron chi connectivity index (χ1n) is 8.75. The predicted octanol–water partition coefficient (Wildman–Crippen LogP) is 4.25. The first-order chi connectivity index (χ1) is 14.9. The quantitative estimate of drug-likeness (QED) is 0.241. The van der Waals surface area contributed by atoms with Crippen molar-refractivity contribution in [2.75, 3.05) is 19.8 Å². The number of hydrogen-bond acceptors (Lipinski definition) is 3. The van der Waals surface area contributed by atoms with Gasteiger partial charge in [0.05, 0.1) is 0 Å². The van der Waals surface area contributed by atoms with Crippen LogP contribution in [0.1, 0.15) is 19.3 Å². The molecule has 0 aliphatic heterocycles. The lowest BCUT2D eigenvalue weighted by atomic mass is 9.91. The highest BCUT2D eigenvalue weighted by molar-refractivity contribution is 5.84. The van der Waals surface area contributed by atoms with E-state index in [1.165, 1.54) is 0 Å². The van der Waals surface area contributed by atoms with Gasteiger partial charge < -0.3 is 15.5 Å². The minimum absolute atomic E-state index is 0.0256. The van der Waals surface area contributed by atoms with Crippen molar-refractivity contribution in [2.24, 2.45) is 5.92 Å². The van der Waals surface area contributed by atoms with E-state index in [1.54, 1.807) is 0 Å². The summed E-state index contributed by atoms with van der Waals surface area (Å²) in [6, 6.07) is 0. The second-order valence-electron chi connectivity index (χ2n) is 6.93. The van der Waals surface area contributed by atoms with Gasteiger partial charge >= 0.3 is 41.7 Å². The minimum atomic E-state index is -8.45. The second kappa shape index (κ2) is 10.1. The maximum Gasteiger partial charge on any atom is 0.460 e. The molecule has 19 heteroatoms. The van der Waals surface area contributed by atoms with Crippen molar-refractivity contribution in [3.63, 3.8) is 0 Å². The first kappa shape index (κ1) is 32.3. The Hall–Kier alpha value is -1.66. The Kier molecular flexibility index (Phi) is 9.64. The summed E-state index contributed by atoms with van der Waals surface area (Å²) in [5, 5.41) is 18.4. The third kappa shape index (κ3) is 5.28. The SMILES string of the molecule is O=C(NCCCCC(CO)CO)C(F)(F)C(F)(F)C(F)(F)C(F)(F)C(F)(F)C(F)(F)C(F)(F)F. The molecule has 0 aliphatic carbocycles. The average molecular weight is 543 g/mol. The van der Waals surface area contributed by atoms with Crippen LogP contribution in [0.25, 0.3) is 0 Å². The summed E-state index contributed by atoms with van der Waals surface area (Å²) < 4.78 is 195. The lowest BCUT2D eigenvalue weighted by molar-refractivity contribution is -0.449. The zero-order valence-corrected chi connectivity index (χ0v) is 16.3. The van der Waals surface area contributed by atoms with Gasteiger partial charge in [-0.05, 0) is 12.8 Å². The van der Waals surface area contributed by atoms with Crippen LogP contribution in [0, 0.1) is 5.92 Å². The van der Waals surface area contributed by atoms with Crippen molar-refractivity contribution in [1.82, 2.24) is 5.32 Å². The van der Waals surface area contributed by atoms with Crippen LogP contribution in [-0.4, -0.2) is 77.6 Å². The maximum atomic E-state index is 13.6. The van der Waals surface area contributed by atoms with Gasteiger partial charge in [0, 0.05) is 25.7 Å². The van der Waals surface area contributed by atoms with Crippen LogP contribution in [0.2, 0.25) is 0 Å². The summed E-state index contributed by atoms with van der Waals surface area (Å²) in [7, 11) is 0. The number of carbonyl (C=O) groups is 1. The highest BCUT2D eigenvalue weighted by atomic mass is 19.4. The van der Waals surface area contributed by atoms with Gasteiger partial charge in [0.25, 0.3) is 5.91 Å². The van der Waals surface area contributed by atoms with Gasteiger partial charge in [0.15, 0.2) is 0 Å². The zero-order valence-electron chi connectivity index (χ0n) is 16.3.